The summed E-state index contributed by atoms with van der Waals surface area (Å²) < 4.78 is 0. The summed E-state index contributed by atoms with van der Waals surface area (Å²) in [6.07, 6.45) is -1.32. The van der Waals surface area contributed by atoms with Crippen LogP contribution < -0.4 is 5.73 Å². The second-order valence-corrected chi connectivity index (χ2v) is 2.90. The molecule has 5 heteroatoms. The molecule has 0 aromatic heterocycles. The summed E-state index contributed by atoms with van der Waals surface area (Å²) >= 11 is 0. The van der Waals surface area contributed by atoms with E-state index >= 15 is 0 Å². The highest BCUT2D eigenvalue weighted by Crippen LogP contribution is 2.19. The van der Waals surface area contributed by atoms with Gasteiger partial charge in [0.15, 0.2) is 0 Å². The van der Waals surface area contributed by atoms with Crippen molar-refractivity contribution in [2.75, 3.05) is 0 Å². The van der Waals surface area contributed by atoms with Crippen molar-refractivity contribution in [3.8, 4) is 5.75 Å². The Morgan fingerprint density at radius 1 is 1.43 bits per heavy atom. The minimum Gasteiger partial charge on any atom is -0.508 e. The number of rotatable bonds is 3. The summed E-state index contributed by atoms with van der Waals surface area (Å²) in [5, 5.41) is 27.1. The van der Waals surface area contributed by atoms with Crippen molar-refractivity contribution >= 4 is 5.97 Å². The number of aliphatic hydroxyl groups excluding tert-OH is 1. The highest BCUT2D eigenvalue weighted by molar-refractivity contribution is 5.74. The second-order valence-electron chi connectivity index (χ2n) is 2.90. The van der Waals surface area contributed by atoms with Crippen LogP contribution in [0.15, 0.2) is 24.3 Å². The number of aromatic hydroxyl groups is 1. The van der Waals surface area contributed by atoms with Crippen molar-refractivity contribution < 1.29 is 20.1 Å². The number of aliphatic hydroxyl groups is 1. The van der Waals surface area contributed by atoms with Crippen LogP contribution in [-0.2, 0) is 4.79 Å². The molecular formula is C9H11NO4. The molecule has 0 aliphatic heterocycles. The number of nitrogens with two attached hydrogens (primary N) is 1. The molecule has 1 aromatic rings. The molecule has 0 heterocycles. The molecule has 0 spiro atoms. The smallest absolute Gasteiger partial charge is 0.323 e. The van der Waals surface area contributed by atoms with Gasteiger partial charge in [0.2, 0.25) is 0 Å². The lowest BCUT2D eigenvalue weighted by Crippen LogP contribution is -2.36. The van der Waals surface area contributed by atoms with Gasteiger partial charge in [-0.05, 0) is 17.7 Å². The molecule has 1 rings (SSSR count). The monoisotopic (exact) mass is 197 g/mol. The van der Waals surface area contributed by atoms with Gasteiger partial charge in [-0.2, -0.15) is 0 Å². The van der Waals surface area contributed by atoms with E-state index in [4.69, 9.17) is 15.9 Å². The number of carbonyl (C=O) groups is 1. The fraction of sp³-hybridized carbons (Fsp3) is 0.222. The minimum atomic E-state index is -1.39. The molecule has 0 fully saturated rings. The van der Waals surface area contributed by atoms with Crippen LogP contribution in [0.2, 0.25) is 0 Å². The van der Waals surface area contributed by atoms with Gasteiger partial charge >= 0.3 is 5.97 Å². The Bertz CT molecular complexity index is 339. The summed E-state index contributed by atoms with van der Waals surface area (Å²) in [5.74, 6) is -1.33. The lowest BCUT2D eigenvalue weighted by atomic mass is 10.0. The molecular weight excluding hydrogens is 186 g/mol. The number of hydrogen-bond donors (Lipinski definition) is 4. The molecule has 0 aliphatic rings. The third kappa shape index (κ3) is 2.21. The van der Waals surface area contributed by atoms with Crippen molar-refractivity contribution in [3.63, 3.8) is 0 Å². The van der Waals surface area contributed by atoms with Crippen molar-refractivity contribution in [2.24, 2.45) is 5.73 Å². The topological polar surface area (TPSA) is 104 Å². The molecule has 5 nitrogen and oxygen atoms in total. The van der Waals surface area contributed by atoms with Gasteiger partial charge in [-0.3, -0.25) is 4.79 Å². The van der Waals surface area contributed by atoms with E-state index in [-0.39, 0.29) is 11.3 Å². The average Bonchev–Trinajstić information content (AvgIpc) is 2.15. The molecule has 0 amide bonds. The number of phenolic OH excluding ortho intramolecular Hbond substituents is 1. The number of benzene rings is 1. The summed E-state index contributed by atoms with van der Waals surface area (Å²) in [6, 6.07) is 4.29. The molecule has 2 atom stereocenters. The zero-order chi connectivity index (χ0) is 10.7. The predicted molar refractivity (Wildman–Crippen MR) is 48.7 cm³/mol. The van der Waals surface area contributed by atoms with E-state index in [9.17, 15) is 9.90 Å². The summed E-state index contributed by atoms with van der Waals surface area (Å²) in [7, 11) is 0. The van der Waals surface area contributed by atoms with E-state index in [0.717, 1.165) is 0 Å². The SMILES string of the molecule is N[C@H](C(=O)O)[C@@H](O)c1cccc(O)c1. The first kappa shape index (κ1) is 10.5. The fourth-order valence-corrected chi connectivity index (χ4v) is 1.05. The molecule has 1 aromatic carbocycles. The number of phenols is 1. The Kier molecular flexibility index (Phi) is 3.06. The molecule has 14 heavy (non-hydrogen) atoms. The molecule has 0 saturated carbocycles. The molecule has 0 unspecified atom stereocenters. The van der Waals surface area contributed by atoms with Crippen LogP contribution in [0, 0.1) is 0 Å². The first-order chi connectivity index (χ1) is 6.52. The number of aliphatic carboxylic acids is 1. The third-order valence-electron chi connectivity index (χ3n) is 1.84. The van der Waals surface area contributed by atoms with E-state index < -0.39 is 18.1 Å². The zero-order valence-corrected chi connectivity index (χ0v) is 7.29. The predicted octanol–water partition coefficient (Wildman–Crippen LogP) is -0.163. The standard InChI is InChI=1S/C9H11NO4/c10-7(9(13)14)8(12)5-2-1-3-6(11)4-5/h1-4,7-8,11-12H,10H2,(H,13,14)/t7-,8-/m0/s1. The molecule has 0 aliphatic carbocycles. The minimum absolute atomic E-state index is 0.0425. The van der Waals surface area contributed by atoms with Crippen molar-refractivity contribution in [2.45, 2.75) is 12.1 Å². The zero-order valence-electron chi connectivity index (χ0n) is 7.29. The van der Waals surface area contributed by atoms with Gasteiger partial charge in [0, 0.05) is 0 Å². The van der Waals surface area contributed by atoms with Crippen LogP contribution >= 0.6 is 0 Å². The number of hydrogen-bond acceptors (Lipinski definition) is 4. The van der Waals surface area contributed by atoms with Gasteiger partial charge in [-0.1, -0.05) is 12.1 Å². The summed E-state index contributed by atoms with van der Waals surface area (Å²) in [4.78, 5) is 10.5. The number of carboxylic acids is 1. The normalized spacial score (nSPS) is 14.7. The quantitative estimate of drug-likeness (QED) is 0.539. The highest BCUT2D eigenvalue weighted by atomic mass is 16.4. The Hall–Kier alpha value is -1.59. The second kappa shape index (κ2) is 4.08. The maximum absolute atomic E-state index is 10.5. The first-order valence-electron chi connectivity index (χ1n) is 3.97. The Morgan fingerprint density at radius 2 is 2.07 bits per heavy atom. The highest BCUT2D eigenvalue weighted by Gasteiger charge is 2.23. The van der Waals surface area contributed by atoms with Crippen LogP contribution in [0.5, 0.6) is 5.75 Å². The Morgan fingerprint density at radius 3 is 2.57 bits per heavy atom. The average molecular weight is 197 g/mol. The van der Waals surface area contributed by atoms with Crippen LogP contribution in [0.1, 0.15) is 11.7 Å². The molecule has 76 valence electrons. The number of carboxylic acid groups (broad SMARTS) is 1. The van der Waals surface area contributed by atoms with E-state index in [1.165, 1.54) is 24.3 Å². The van der Waals surface area contributed by atoms with Gasteiger partial charge < -0.3 is 21.1 Å². The Balaban J connectivity index is 2.89. The largest absolute Gasteiger partial charge is 0.508 e. The van der Waals surface area contributed by atoms with Gasteiger partial charge in [-0.15, -0.1) is 0 Å². The lowest BCUT2D eigenvalue weighted by Gasteiger charge is -2.14. The van der Waals surface area contributed by atoms with Crippen LogP contribution in [0.3, 0.4) is 0 Å². The van der Waals surface area contributed by atoms with Gasteiger partial charge in [-0.25, -0.2) is 0 Å². The fourth-order valence-electron chi connectivity index (χ4n) is 1.05. The molecule has 0 saturated heterocycles. The Labute approximate surface area is 80.4 Å². The van der Waals surface area contributed by atoms with E-state index in [0.29, 0.717) is 0 Å². The van der Waals surface area contributed by atoms with E-state index in [1.807, 2.05) is 0 Å². The van der Waals surface area contributed by atoms with Crippen molar-refractivity contribution in [1.82, 2.24) is 0 Å². The molecule has 0 radical (unpaired) electrons. The maximum atomic E-state index is 10.5. The van der Waals surface area contributed by atoms with Crippen LogP contribution in [0.25, 0.3) is 0 Å². The van der Waals surface area contributed by atoms with Gasteiger partial charge in [0.25, 0.3) is 0 Å². The van der Waals surface area contributed by atoms with Crippen LogP contribution in [0.4, 0.5) is 0 Å². The van der Waals surface area contributed by atoms with Gasteiger partial charge in [0.05, 0.1) is 0 Å². The first-order valence-corrected chi connectivity index (χ1v) is 3.97. The van der Waals surface area contributed by atoms with Crippen molar-refractivity contribution in [1.29, 1.82) is 0 Å². The van der Waals surface area contributed by atoms with Gasteiger partial charge in [0.1, 0.15) is 17.9 Å². The summed E-state index contributed by atoms with van der Waals surface area (Å²) in [5.41, 5.74) is 5.49. The molecule has 0 bridgehead atoms. The summed E-state index contributed by atoms with van der Waals surface area (Å²) in [6.45, 7) is 0. The van der Waals surface area contributed by atoms with E-state index in [2.05, 4.69) is 0 Å². The lowest BCUT2D eigenvalue weighted by molar-refractivity contribution is -0.141. The maximum Gasteiger partial charge on any atom is 0.323 e. The molecule has 5 N–H and O–H groups in total. The van der Waals surface area contributed by atoms with Crippen molar-refractivity contribution in [3.05, 3.63) is 29.8 Å². The third-order valence-corrected chi connectivity index (χ3v) is 1.84. The van der Waals surface area contributed by atoms with Crippen LogP contribution in [-0.4, -0.2) is 27.3 Å². The van der Waals surface area contributed by atoms with E-state index in [1.54, 1.807) is 0 Å².